The Morgan fingerprint density at radius 2 is 1.87 bits per heavy atom. The number of nitrogens with zero attached hydrogens (tertiary/aromatic N) is 1. The molecular formula is C13H27NO. The second kappa shape index (κ2) is 6.49. The zero-order chi connectivity index (χ0) is 11.3. The topological polar surface area (TPSA) is 23.5 Å². The first-order valence-corrected chi connectivity index (χ1v) is 6.64. The van der Waals surface area contributed by atoms with Crippen molar-refractivity contribution in [2.45, 2.75) is 77.5 Å². The highest BCUT2D eigenvalue weighted by atomic mass is 16.3. The first-order valence-electron chi connectivity index (χ1n) is 6.64. The van der Waals surface area contributed by atoms with Crippen molar-refractivity contribution in [1.29, 1.82) is 0 Å². The number of aliphatic hydroxyl groups is 1. The Labute approximate surface area is 94.7 Å². The molecule has 0 radical (unpaired) electrons. The Morgan fingerprint density at radius 3 is 2.47 bits per heavy atom. The Hall–Kier alpha value is -0.0800. The van der Waals surface area contributed by atoms with Crippen LogP contribution >= 0.6 is 0 Å². The van der Waals surface area contributed by atoms with Gasteiger partial charge in [-0.15, -0.1) is 0 Å². The molecule has 3 unspecified atom stereocenters. The van der Waals surface area contributed by atoms with Gasteiger partial charge >= 0.3 is 0 Å². The molecule has 0 aromatic heterocycles. The number of rotatable bonds is 4. The fourth-order valence-electron chi connectivity index (χ4n) is 2.76. The van der Waals surface area contributed by atoms with Crippen LogP contribution in [-0.2, 0) is 0 Å². The van der Waals surface area contributed by atoms with E-state index < -0.39 is 0 Å². The van der Waals surface area contributed by atoms with Gasteiger partial charge in [-0.3, -0.25) is 4.90 Å². The van der Waals surface area contributed by atoms with Gasteiger partial charge < -0.3 is 5.11 Å². The van der Waals surface area contributed by atoms with Gasteiger partial charge in [-0.05, 0) is 32.7 Å². The minimum atomic E-state index is -0.0959. The summed E-state index contributed by atoms with van der Waals surface area (Å²) in [5.41, 5.74) is 0. The smallest absolute Gasteiger partial charge is 0.0695 e. The largest absolute Gasteiger partial charge is 0.391 e. The fraction of sp³-hybridized carbons (Fsp3) is 1.00. The van der Waals surface area contributed by atoms with Gasteiger partial charge in [0.15, 0.2) is 0 Å². The maximum Gasteiger partial charge on any atom is 0.0695 e. The summed E-state index contributed by atoms with van der Waals surface area (Å²) in [4.78, 5) is 2.50. The van der Waals surface area contributed by atoms with Crippen molar-refractivity contribution in [2.24, 2.45) is 0 Å². The molecule has 1 N–H and O–H groups in total. The molecule has 0 amide bonds. The van der Waals surface area contributed by atoms with Crippen molar-refractivity contribution < 1.29 is 5.11 Å². The van der Waals surface area contributed by atoms with Gasteiger partial charge in [0.2, 0.25) is 0 Å². The van der Waals surface area contributed by atoms with E-state index in [0.29, 0.717) is 12.1 Å². The molecule has 2 heteroatoms. The van der Waals surface area contributed by atoms with Gasteiger partial charge in [-0.2, -0.15) is 0 Å². The highest BCUT2D eigenvalue weighted by Gasteiger charge is 2.28. The SMILES string of the molecule is CCC(C)N(CC)C1CCCCCC1O. The second-order valence-corrected chi connectivity index (χ2v) is 4.86. The zero-order valence-corrected chi connectivity index (χ0v) is 10.6. The first kappa shape index (κ1) is 13.0. The standard InChI is InChI=1S/C13H27NO/c1-4-11(3)14(5-2)12-9-7-6-8-10-13(12)15/h11-13,15H,4-10H2,1-3H3. The summed E-state index contributed by atoms with van der Waals surface area (Å²) in [7, 11) is 0. The minimum absolute atomic E-state index is 0.0959. The number of aliphatic hydroxyl groups excluding tert-OH is 1. The summed E-state index contributed by atoms with van der Waals surface area (Å²) in [6.45, 7) is 7.79. The molecule has 1 fully saturated rings. The van der Waals surface area contributed by atoms with E-state index in [1.54, 1.807) is 0 Å². The molecule has 0 aromatic rings. The highest BCUT2D eigenvalue weighted by molar-refractivity contribution is 4.83. The zero-order valence-electron chi connectivity index (χ0n) is 10.6. The predicted molar refractivity (Wildman–Crippen MR) is 65.0 cm³/mol. The number of hydrogen-bond donors (Lipinski definition) is 1. The third kappa shape index (κ3) is 3.46. The van der Waals surface area contributed by atoms with Gasteiger partial charge in [0, 0.05) is 12.1 Å². The van der Waals surface area contributed by atoms with E-state index in [1.807, 2.05) is 0 Å². The molecule has 15 heavy (non-hydrogen) atoms. The van der Waals surface area contributed by atoms with Crippen LogP contribution in [-0.4, -0.2) is 34.7 Å². The summed E-state index contributed by atoms with van der Waals surface area (Å²) in [6.07, 6.45) is 7.05. The van der Waals surface area contributed by atoms with Crippen LogP contribution in [0.2, 0.25) is 0 Å². The Morgan fingerprint density at radius 1 is 1.20 bits per heavy atom. The van der Waals surface area contributed by atoms with Crippen molar-refractivity contribution >= 4 is 0 Å². The summed E-state index contributed by atoms with van der Waals surface area (Å²) >= 11 is 0. The normalized spacial score (nSPS) is 30.2. The second-order valence-electron chi connectivity index (χ2n) is 4.86. The minimum Gasteiger partial charge on any atom is -0.391 e. The molecule has 0 bridgehead atoms. The van der Waals surface area contributed by atoms with Crippen molar-refractivity contribution in [3.63, 3.8) is 0 Å². The van der Waals surface area contributed by atoms with Crippen LogP contribution in [0.3, 0.4) is 0 Å². The Kier molecular flexibility index (Phi) is 5.62. The highest BCUT2D eigenvalue weighted by Crippen LogP contribution is 2.24. The van der Waals surface area contributed by atoms with Gasteiger partial charge in [-0.1, -0.05) is 33.1 Å². The van der Waals surface area contributed by atoms with E-state index in [1.165, 1.54) is 32.1 Å². The lowest BCUT2D eigenvalue weighted by Gasteiger charge is -2.37. The van der Waals surface area contributed by atoms with Gasteiger partial charge in [0.25, 0.3) is 0 Å². The van der Waals surface area contributed by atoms with Crippen LogP contribution in [0.5, 0.6) is 0 Å². The van der Waals surface area contributed by atoms with Crippen molar-refractivity contribution in [1.82, 2.24) is 4.90 Å². The summed E-state index contributed by atoms with van der Waals surface area (Å²) in [5.74, 6) is 0. The van der Waals surface area contributed by atoms with Crippen molar-refractivity contribution in [3.8, 4) is 0 Å². The third-order valence-electron chi connectivity index (χ3n) is 3.89. The molecule has 3 atom stereocenters. The maximum absolute atomic E-state index is 10.2. The average molecular weight is 213 g/mol. The third-order valence-corrected chi connectivity index (χ3v) is 3.89. The lowest BCUT2D eigenvalue weighted by Crippen LogP contribution is -2.47. The van der Waals surface area contributed by atoms with Crippen LogP contribution in [0.4, 0.5) is 0 Å². The maximum atomic E-state index is 10.2. The fourth-order valence-corrected chi connectivity index (χ4v) is 2.76. The van der Waals surface area contributed by atoms with E-state index in [4.69, 9.17) is 0 Å². The molecule has 1 aliphatic rings. The average Bonchev–Trinajstić information content (AvgIpc) is 2.45. The Balaban J connectivity index is 2.62. The van der Waals surface area contributed by atoms with E-state index >= 15 is 0 Å². The van der Waals surface area contributed by atoms with E-state index in [0.717, 1.165) is 13.0 Å². The molecule has 1 aliphatic carbocycles. The van der Waals surface area contributed by atoms with Gasteiger partial charge in [0.1, 0.15) is 0 Å². The Bertz CT molecular complexity index is 172. The quantitative estimate of drug-likeness (QED) is 0.726. The van der Waals surface area contributed by atoms with Crippen LogP contribution in [0, 0.1) is 0 Å². The lowest BCUT2D eigenvalue weighted by molar-refractivity contribution is 0.0256. The van der Waals surface area contributed by atoms with E-state index in [-0.39, 0.29) is 6.10 Å². The number of likely N-dealkylation sites (N-methyl/N-ethyl adjacent to an activating group) is 1. The first-order chi connectivity index (χ1) is 7.20. The lowest BCUT2D eigenvalue weighted by atomic mass is 10.0. The summed E-state index contributed by atoms with van der Waals surface area (Å²) in [5, 5.41) is 10.2. The molecule has 0 heterocycles. The van der Waals surface area contributed by atoms with Gasteiger partial charge in [0.05, 0.1) is 6.10 Å². The molecule has 1 saturated carbocycles. The van der Waals surface area contributed by atoms with Crippen LogP contribution in [0.15, 0.2) is 0 Å². The molecule has 0 saturated heterocycles. The van der Waals surface area contributed by atoms with E-state index in [2.05, 4.69) is 25.7 Å². The monoisotopic (exact) mass is 213 g/mol. The molecule has 0 aromatic carbocycles. The summed E-state index contributed by atoms with van der Waals surface area (Å²) in [6, 6.07) is 1.01. The van der Waals surface area contributed by atoms with Crippen molar-refractivity contribution in [3.05, 3.63) is 0 Å². The molecule has 90 valence electrons. The molecular weight excluding hydrogens is 186 g/mol. The van der Waals surface area contributed by atoms with Crippen LogP contribution in [0.25, 0.3) is 0 Å². The van der Waals surface area contributed by atoms with Crippen LogP contribution in [0.1, 0.15) is 59.3 Å². The predicted octanol–water partition coefficient (Wildman–Crippen LogP) is 2.80. The molecule has 1 rings (SSSR count). The molecule has 2 nitrogen and oxygen atoms in total. The van der Waals surface area contributed by atoms with E-state index in [9.17, 15) is 5.11 Å². The molecule has 0 spiro atoms. The van der Waals surface area contributed by atoms with Crippen LogP contribution < -0.4 is 0 Å². The molecule has 0 aliphatic heterocycles. The summed E-state index contributed by atoms with van der Waals surface area (Å²) < 4.78 is 0. The van der Waals surface area contributed by atoms with Gasteiger partial charge in [-0.25, -0.2) is 0 Å². The van der Waals surface area contributed by atoms with Crippen molar-refractivity contribution in [2.75, 3.05) is 6.54 Å². The number of hydrogen-bond acceptors (Lipinski definition) is 2.